The Labute approximate surface area is 240 Å². The molecule has 0 heterocycles. The first-order valence-electron chi connectivity index (χ1n) is 9.33. The average Bonchev–Trinajstić information content (AvgIpc) is 2.73. The van der Waals surface area contributed by atoms with Gasteiger partial charge in [-0.3, -0.25) is 4.79 Å². The lowest BCUT2D eigenvalue weighted by Crippen LogP contribution is -2.20. The lowest BCUT2D eigenvalue weighted by atomic mass is 10.1. The highest BCUT2D eigenvalue weighted by Crippen LogP contribution is 2.31. The van der Waals surface area contributed by atoms with Crippen LogP contribution in [0.2, 0.25) is 0 Å². The Hall–Kier alpha value is -1.83. The van der Waals surface area contributed by atoms with E-state index in [1.54, 1.807) is 69.4 Å². The monoisotopic (exact) mass is 833 g/mol. The minimum Gasteiger partial charge on any atom is -0.744 e. The summed E-state index contributed by atoms with van der Waals surface area (Å²) in [7, 11) is -4.76. The molecule has 0 unspecified atom stereocenters. The van der Waals surface area contributed by atoms with Crippen molar-refractivity contribution in [2.24, 2.45) is 0 Å². The fraction of sp³-hybridized carbons (Fsp3) is 0.0455. The van der Waals surface area contributed by atoms with Crippen molar-refractivity contribution in [1.82, 2.24) is 0 Å². The molecule has 0 atom stereocenters. The smallest absolute Gasteiger partial charge is 0.348 e. The summed E-state index contributed by atoms with van der Waals surface area (Å²) in [5, 5.41) is 0. The number of hydrogen-bond donors (Lipinski definition) is 0. The second-order valence-electron chi connectivity index (χ2n) is 6.68. The molecule has 0 bridgehead atoms. The molecule has 182 valence electrons. The molecule has 0 saturated carbocycles. The van der Waals surface area contributed by atoms with Crippen molar-refractivity contribution in [3.8, 4) is 17.2 Å². The first-order valence-corrected chi connectivity index (χ1v) is 14.0. The second kappa shape index (κ2) is 11.5. The van der Waals surface area contributed by atoms with Crippen LogP contribution in [0.3, 0.4) is 0 Å². The number of ether oxygens (including phenoxy) is 3. The first kappa shape index (κ1) is 27.8. The van der Waals surface area contributed by atoms with Gasteiger partial charge in [0.2, 0.25) is 0 Å². The zero-order valence-corrected chi connectivity index (χ0v) is 24.7. The summed E-state index contributed by atoms with van der Waals surface area (Å²) >= 11 is 5.36. The number of esters is 3. The molecule has 9 nitrogen and oxygen atoms in total. The highest BCUT2D eigenvalue weighted by atomic mass is 127. The molecule has 0 aliphatic heterocycles. The van der Waals surface area contributed by atoms with Gasteiger partial charge >= 0.3 is 17.9 Å². The Morgan fingerprint density at radius 1 is 0.800 bits per heavy atom. The Balaban J connectivity index is 2.02. The Morgan fingerprint density at radius 2 is 1.37 bits per heavy atom. The van der Waals surface area contributed by atoms with Gasteiger partial charge in [0.25, 0.3) is 0 Å². The van der Waals surface area contributed by atoms with Gasteiger partial charge in [-0.15, -0.1) is 0 Å². The van der Waals surface area contributed by atoms with Crippen LogP contribution < -0.4 is 14.2 Å². The molecule has 0 aliphatic rings. The molecular formula is C22H12I3O9S-. The maximum absolute atomic E-state index is 13.1. The molecule has 0 aliphatic carbocycles. The van der Waals surface area contributed by atoms with E-state index in [1.807, 2.05) is 0 Å². The predicted molar refractivity (Wildman–Crippen MR) is 147 cm³/mol. The summed E-state index contributed by atoms with van der Waals surface area (Å²) in [6, 6.07) is 13.0. The largest absolute Gasteiger partial charge is 0.744 e. The van der Waals surface area contributed by atoms with Crippen molar-refractivity contribution < 1.29 is 41.6 Å². The molecule has 0 amide bonds. The molecule has 0 spiro atoms. The van der Waals surface area contributed by atoms with Gasteiger partial charge in [0.05, 0.1) is 10.5 Å². The van der Waals surface area contributed by atoms with Crippen LogP contribution in [0, 0.1) is 10.7 Å². The third kappa shape index (κ3) is 7.11. The Kier molecular flexibility index (Phi) is 9.11. The summed E-state index contributed by atoms with van der Waals surface area (Å²) in [6.45, 7) is 1.12. The lowest BCUT2D eigenvalue weighted by molar-refractivity contribution is -0.131. The zero-order valence-electron chi connectivity index (χ0n) is 17.4. The van der Waals surface area contributed by atoms with Gasteiger partial charge in [0.1, 0.15) is 32.9 Å². The normalized spacial score (nSPS) is 11.0. The van der Waals surface area contributed by atoms with Crippen LogP contribution in [0.4, 0.5) is 0 Å². The molecule has 0 fully saturated rings. The maximum Gasteiger partial charge on any atom is 0.348 e. The van der Waals surface area contributed by atoms with Crippen molar-refractivity contribution in [1.29, 1.82) is 0 Å². The van der Waals surface area contributed by atoms with Crippen LogP contribution in [0.25, 0.3) is 0 Å². The summed E-state index contributed by atoms with van der Waals surface area (Å²) in [5.74, 6) is -2.80. The summed E-state index contributed by atoms with van der Waals surface area (Å²) < 4.78 is 51.3. The second-order valence-corrected chi connectivity index (χ2v) is 11.6. The third-order valence-electron chi connectivity index (χ3n) is 4.16. The molecule has 0 N–H and O–H groups in total. The van der Waals surface area contributed by atoms with E-state index < -0.39 is 32.9 Å². The van der Waals surface area contributed by atoms with Gasteiger partial charge in [-0.1, -0.05) is 6.07 Å². The van der Waals surface area contributed by atoms with E-state index in [-0.39, 0.29) is 35.5 Å². The first-order chi connectivity index (χ1) is 16.4. The van der Waals surface area contributed by atoms with E-state index in [9.17, 15) is 27.4 Å². The average molecular weight is 833 g/mol. The fourth-order valence-corrected chi connectivity index (χ4v) is 7.09. The van der Waals surface area contributed by atoms with Crippen LogP contribution in [0.1, 0.15) is 27.6 Å². The van der Waals surface area contributed by atoms with Gasteiger partial charge < -0.3 is 18.8 Å². The molecular weight excluding hydrogens is 821 g/mol. The minimum atomic E-state index is -4.76. The number of carbonyl (C=O) groups is 3. The Morgan fingerprint density at radius 3 is 1.91 bits per heavy atom. The summed E-state index contributed by atoms with van der Waals surface area (Å²) in [5.41, 5.74) is -0.598. The van der Waals surface area contributed by atoms with Gasteiger partial charge in [0, 0.05) is 17.6 Å². The van der Waals surface area contributed by atoms with E-state index in [1.165, 1.54) is 30.3 Å². The molecule has 13 heteroatoms. The maximum atomic E-state index is 13.1. The van der Waals surface area contributed by atoms with Crippen molar-refractivity contribution in [2.75, 3.05) is 0 Å². The molecule has 0 radical (unpaired) electrons. The van der Waals surface area contributed by atoms with Crippen molar-refractivity contribution >= 4 is 95.8 Å². The minimum absolute atomic E-state index is 0.0407. The highest BCUT2D eigenvalue weighted by molar-refractivity contribution is 14.1. The number of benzene rings is 3. The van der Waals surface area contributed by atoms with Crippen LogP contribution in [0.15, 0.2) is 59.5 Å². The lowest BCUT2D eigenvalue weighted by Gasteiger charge is -2.15. The van der Waals surface area contributed by atoms with Crippen molar-refractivity contribution in [2.45, 2.75) is 11.8 Å². The molecule has 3 aromatic rings. The third-order valence-corrected chi connectivity index (χ3v) is 8.25. The van der Waals surface area contributed by atoms with E-state index >= 15 is 0 Å². The Bertz CT molecular complexity index is 1410. The quantitative estimate of drug-likeness (QED) is 0.149. The standard InChI is InChI=1S/C22H13I3O9S/c1-11(26)32-18-4-2-3-15(21(27)33-13-7-5-12(23)6-8-13)19(18)22(28)34-14-9-16(24)20(17(25)10-14)35(29,30)31/h2-10H,1H3,(H,29,30,31)/p-1. The molecule has 3 rings (SSSR count). The summed E-state index contributed by atoms with van der Waals surface area (Å²) in [6.07, 6.45) is 0. The van der Waals surface area contributed by atoms with E-state index in [2.05, 4.69) is 22.6 Å². The van der Waals surface area contributed by atoms with Crippen LogP contribution >= 0.6 is 67.8 Å². The number of carbonyl (C=O) groups excluding carboxylic acids is 3. The van der Waals surface area contributed by atoms with E-state index in [0.717, 1.165) is 10.5 Å². The van der Waals surface area contributed by atoms with Crippen LogP contribution in [-0.2, 0) is 14.9 Å². The number of halogens is 3. The topological polar surface area (TPSA) is 136 Å². The van der Waals surface area contributed by atoms with Gasteiger partial charge in [0.15, 0.2) is 0 Å². The fourth-order valence-electron chi connectivity index (χ4n) is 2.81. The molecule has 35 heavy (non-hydrogen) atoms. The molecule has 0 saturated heterocycles. The van der Waals surface area contributed by atoms with Gasteiger partial charge in [-0.25, -0.2) is 18.0 Å². The SMILES string of the molecule is CC(=O)Oc1cccc(C(=O)Oc2ccc(I)cc2)c1C(=O)Oc1cc(I)c(S(=O)(=O)[O-])c(I)c1. The van der Waals surface area contributed by atoms with E-state index in [0.29, 0.717) is 0 Å². The van der Waals surface area contributed by atoms with Crippen LogP contribution in [0.5, 0.6) is 17.2 Å². The zero-order chi connectivity index (χ0) is 25.9. The summed E-state index contributed by atoms with van der Waals surface area (Å²) in [4.78, 5) is 37.2. The predicted octanol–water partition coefficient (Wildman–Crippen LogP) is 4.77. The molecule has 0 aromatic heterocycles. The van der Waals surface area contributed by atoms with Crippen LogP contribution in [-0.4, -0.2) is 30.9 Å². The van der Waals surface area contributed by atoms with E-state index in [4.69, 9.17) is 14.2 Å². The van der Waals surface area contributed by atoms with Gasteiger partial charge in [-0.2, -0.15) is 0 Å². The van der Waals surface area contributed by atoms with Crippen molar-refractivity contribution in [3.05, 3.63) is 76.4 Å². The number of rotatable bonds is 6. The van der Waals surface area contributed by atoms with Gasteiger partial charge in [-0.05, 0) is 116 Å². The van der Waals surface area contributed by atoms with Crippen molar-refractivity contribution in [3.63, 3.8) is 0 Å². The molecule has 3 aromatic carbocycles. The number of hydrogen-bond acceptors (Lipinski definition) is 9. The highest BCUT2D eigenvalue weighted by Gasteiger charge is 2.27.